The lowest BCUT2D eigenvalue weighted by molar-refractivity contribution is -0.122. The van der Waals surface area contributed by atoms with E-state index in [0.29, 0.717) is 12.3 Å². The van der Waals surface area contributed by atoms with Crippen LogP contribution in [-0.2, 0) is 11.3 Å². The lowest BCUT2D eigenvalue weighted by Gasteiger charge is -2.13. The van der Waals surface area contributed by atoms with Crippen molar-refractivity contribution in [1.82, 2.24) is 10.6 Å². The first kappa shape index (κ1) is 16.9. The van der Waals surface area contributed by atoms with Crippen LogP contribution < -0.4 is 20.1 Å². The zero-order chi connectivity index (χ0) is 15.5. The molecule has 1 rings (SSSR count). The Morgan fingerprint density at radius 1 is 1.43 bits per heavy atom. The molecule has 1 amide bonds. The summed E-state index contributed by atoms with van der Waals surface area (Å²) in [5, 5.41) is 5.86. The van der Waals surface area contributed by atoms with Crippen molar-refractivity contribution in [3.63, 3.8) is 0 Å². The van der Waals surface area contributed by atoms with Gasteiger partial charge in [0, 0.05) is 12.1 Å². The maximum Gasteiger partial charge on any atom is 0.258 e. The van der Waals surface area contributed by atoms with Gasteiger partial charge in [0.05, 0.1) is 13.7 Å². The Balaban J connectivity index is 2.66. The second-order valence-electron chi connectivity index (χ2n) is 4.42. The van der Waals surface area contributed by atoms with Crippen molar-refractivity contribution in [1.29, 1.82) is 0 Å². The van der Waals surface area contributed by atoms with Crippen molar-refractivity contribution in [3.8, 4) is 23.8 Å². The van der Waals surface area contributed by atoms with Crippen LogP contribution in [0.1, 0.15) is 18.9 Å². The van der Waals surface area contributed by atoms with Crippen molar-refractivity contribution >= 4 is 5.91 Å². The van der Waals surface area contributed by atoms with Crippen molar-refractivity contribution in [2.24, 2.45) is 0 Å². The number of nitrogens with one attached hydrogen (secondary N) is 2. The Hall–Kier alpha value is -2.19. The number of methoxy groups -OCH3 is 1. The molecule has 1 aromatic carbocycles. The van der Waals surface area contributed by atoms with Gasteiger partial charge in [0.25, 0.3) is 5.91 Å². The van der Waals surface area contributed by atoms with Gasteiger partial charge in [-0.3, -0.25) is 4.79 Å². The summed E-state index contributed by atoms with van der Waals surface area (Å²) >= 11 is 0. The topological polar surface area (TPSA) is 59.6 Å². The Labute approximate surface area is 126 Å². The van der Waals surface area contributed by atoms with Gasteiger partial charge in [0.2, 0.25) is 0 Å². The highest BCUT2D eigenvalue weighted by Crippen LogP contribution is 2.24. The third kappa shape index (κ3) is 6.19. The predicted molar refractivity (Wildman–Crippen MR) is 82.3 cm³/mol. The molecule has 0 aliphatic carbocycles. The van der Waals surface area contributed by atoms with Crippen LogP contribution in [-0.4, -0.2) is 32.7 Å². The van der Waals surface area contributed by atoms with Crippen LogP contribution in [0.4, 0.5) is 0 Å². The maximum absolute atomic E-state index is 11.5. The number of amides is 1. The first-order valence-corrected chi connectivity index (χ1v) is 6.91. The van der Waals surface area contributed by atoms with E-state index >= 15 is 0 Å². The molecular formula is C16H22N2O3. The number of ether oxygens (including phenoxy) is 2. The summed E-state index contributed by atoms with van der Waals surface area (Å²) in [6, 6.07) is 5.51. The molecule has 21 heavy (non-hydrogen) atoms. The quantitative estimate of drug-likeness (QED) is 0.532. The van der Waals surface area contributed by atoms with Gasteiger partial charge in [-0.05, 0) is 31.2 Å². The molecule has 0 radical (unpaired) electrons. The summed E-state index contributed by atoms with van der Waals surface area (Å²) in [6.45, 7) is 3.82. The van der Waals surface area contributed by atoms with Gasteiger partial charge in [0.15, 0.2) is 6.61 Å². The van der Waals surface area contributed by atoms with Crippen LogP contribution in [0.25, 0.3) is 0 Å². The normalized spacial score (nSPS) is 9.76. The third-order valence-electron chi connectivity index (χ3n) is 2.76. The molecule has 0 aliphatic heterocycles. The number of carbonyl (C=O) groups is 1. The number of hydrogen-bond acceptors (Lipinski definition) is 4. The van der Waals surface area contributed by atoms with Crippen molar-refractivity contribution in [2.75, 3.05) is 26.8 Å². The number of rotatable bonds is 9. The van der Waals surface area contributed by atoms with Crippen LogP contribution in [0.5, 0.6) is 11.5 Å². The summed E-state index contributed by atoms with van der Waals surface area (Å²) in [5.41, 5.74) is 0.951. The molecule has 0 unspecified atom stereocenters. The zero-order valence-electron chi connectivity index (χ0n) is 12.6. The number of benzene rings is 1. The van der Waals surface area contributed by atoms with Crippen LogP contribution in [0.3, 0.4) is 0 Å². The molecule has 0 fully saturated rings. The van der Waals surface area contributed by atoms with Gasteiger partial charge >= 0.3 is 0 Å². The maximum atomic E-state index is 11.5. The fourth-order valence-corrected chi connectivity index (χ4v) is 1.71. The van der Waals surface area contributed by atoms with Gasteiger partial charge in [0.1, 0.15) is 11.5 Å². The minimum Gasteiger partial charge on any atom is -0.497 e. The highest BCUT2D eigenvalue weighted by molar-refractivity contribution is 5.77. The lowest BCUT2D eigenvalue weighted by atomic mass is 10.2. The van der Waals surface area contributed by atoms with Gasteiger partial charge in [-0.15, -0.1) is 6.42 Å². The summed E-state index contributed by atoms with van der Waals surface area (Å²) in [6.07, 6.45) is 6.13. The van der Waals surface area contributed by atoms with Crippen molar-refractivity contribution in [2.45, 2.75) is 19.9 Å². The van der Waals surface area contributed by atoms with Crippen LogP contribution in [0.15, 0.2) is 18.2 Å². The summed E-state index contributed by atoms with van der Waals surface area (Å²) < 4.78 is 10.8. The first-order chi connectivity index (χ1) is 10.2. The molecule has 0 aliphatic rings. The molecule has 2 N–H and O–H groups in total. The van der Waals surface area contributed by atoms with Gasteiger partial charge in [-0.1, -0.05) is 12.8 Å². The molecule has 5 nitrogen and oxygen atoms in total. The molecule has 114 valence electrons. The van der Waals surface area contributed by atoms with E-state index in [0.717, 1.165) is 24.3 Å². The molecule has 0 atom stereocenters. The van der Waals surface area contributed by atoms with E-state index in [4.69, 9.17) is 15.9 Å². The van der Waals surface area contributed by atoms with Crippen molar-refractivity contribution in [3.05, 3.63) is 23.8 Å². The van der Waals surface area contributed by atoms with Crippen molar-refractivity contribution < 1.29 is 14.3 Å². The Bertz CT molecular complexity index is 495. The minimum atomic E-state index is -0.240. The van der Waals surface area contributed by atoms with E-state index in [1.54, 1.807) is 19.2 Å². The largest absolute Gasteiger partial charge is 0.497 e. The molecule has 0 heterocycles. The third-order valence-corrected chi connectivity index (χ3v) is 2.76. The monoisotopic (exact) mass is 290 g/mol. The van der Waals surface area contributed by atoms with E-state index < -0.39 is 0 Å². The molecule has 1 aromatic rings. The highest BCUT2D eigenvalue weighted by Gasteiger charge is 2.08. The number of hydrogen-bond donors (Lipinski definition) is 2. The molecule has 0 aromatic heterocycles. The van der Waals surface area contributed by atoms with Gasteiger partial charge in [-0.25, -0.2) is 0 Å². The van der Waals surface area contributed by atoms with Gasteiger partial charge < -0.3 is 20.1 Å². The van der Waals surface area contributed by atoms with Crippen LogP contribution >= 0.6 is 0 Å². The van der Waals surface area contributed by atoms with E-state index in [1.807, 2.05) is 6.07 Å². The Kier molecular flexibility index (Phi) is 7.77. The standard InChI is InChI=1S/C16H22N2O3/c1-4-8-17-11-13-10-14(20-3)6-7-15(13)21-12-16(19)18-9-5-2/h2,6-7,10,17H,4,8-9,11-12H2,1,3H3,(H,18,19). The number of carbonyl (C=O) groups excluding carboxylic acids is 1. The minimum absolute atomic E-state index is 0.0607. The molecule has 0 spiro atoms. The summed E-state index contributed by atoms with van der Waals surface area (Å²) in [7, 11) is 1.62. The predicted octanol–water partition coefficient (Wildman–Crippen LogP) is 1.32. The fourth-order valence-electron chi connectivity index (χ4n) is 1.71. The highest BCUT2D eigenvalue weighted by atomic mass is 16.5. The molecular weight excluding hydrogens is 268 g/mol. The summed E-state index contributed by atoms with van der Waals surface area (Å²) in [4.78, 5) is 11.5. The SMILES string of the molecule is C#CCNC(=O)COc1ccc(OC)cc1CNCCC. The first-order valence-electron chi connectivity index (χ1n) is 6.91. The second kappa shape index (κ2) is 9.67. The fraction of sp³-hybridized carbons (Fsp3) is 0.438. The molecule has 0 saturated heterocycles. The number of terminal acetylenes is 1. The summed E-state index contributed by atoms with van der Waals surface area (Å²) in [5.74, 6) is 3.52. The van der Waals surface area contributed by atoms with E-state index in [9.17, 15) is 4.79 Å². The molecule has 0 saturated carbocycles. The van der Waals surface area contributed by atoms with E-state index in [1.165, 1.54) is 0 Å². The average molecular weight is 290 g/mol. The zero-order valence-corrected chi connectivity index (χ0v) is 12.6. The molecule has 0 bridgehead atoms. The Morgan fingerprint density at radius 2 is 2.24 bits per heavy atom. The second-order valence-corrected chi connectivity index (χ2v) is 4.42. The smallest absolute Gasteiger partial charge is 0.258 e. The lowest BCUT2D eigenvalue weighted by Crippen LogP contribution is -2.29. The van der Waals surface area contributed by atoms with E-state index in [-0.39, 0.29) is 19.1 Å². The van der Waals surface area contributed by atoms with E-state index in [2.05, 4.69) is 23.5 Å². The Morgan fingerprint density at radius 3 is 2.90 bits per heavy atom. The van der Waals surface area contributed by atoms with Gasteiger partial charge in [-0.2, -0.15) is 0 Å². The average Bonchev–Trinajstić information content (AvgIpc) is 2.51. The molecule has 5 heteroatoms. The van der Waals surface area contributed by atoms with Crippen LogP contribution in [0.2, 0.25) is 0 Å². The van der Waals surface area contributed by atoms with Crippen LogP contribution in [0, 0.1) is 12.3 Å².